The first-order chi connectivity index (χ1) is 10.6. The van der Waals surface area contributed by atoms with Gasteiger partial charge in [-0.15, -0.1) is 0 Å². The van der Waals surface area contributed by atoms with Gasteiger partial charge in [0.05, 0.1) is 0 Å². The van der Waals surface area contributed by atoms with Gasteiger partial charge >= 0.3 is 6.16 Å². The number of benzene rings is 2. The highest BCUT2D eigenvalue weighted by molar-refractivity contribution is 5.64. The van der Waals surface area contributed by atoms with Crippen LogP contribution in [0.5, 0.6) is 5.75 Å². The number of carbonyl (C=O) groups is 1. The van der Waals surface area contributed by atoms with Crippen molar-refractivity contribution in [2.45, 2.75) is 33.0 Å². The van der Waals surface area contributed by atoms with Crippen LogP contribution in [0.25, 0.3) is 0 Å². The summed E-state index contributed by atoms with van der Waals surface area (Å²) in [7, 11) is 0. The van der Waals surface area contributed by atoms with Crippen molar-refractivity contribution in [3.63, 3.8) is 0 Å². The first-order valence-corrected chi connectivity index (χ1v) is 7.35. The lowest BCUT2D eigenvalue weighted by atomic mass is 10.2. The predicted molar refractivity (Wildman–Crippen MR) is 85.7 cm³/mol. The van der Waals surface area contributed by atoms with Crippen LogP contribution in [-0.2, 0) is 17.9 Å². The zero-order valence-electron chi connectivity index (χ0n) is 12.9. The van der Waals surface area contributed by atoms with Crippen molar-refractivity contribution in [1.82, 2.24) is 5.32 Å². The summed E-state index contributed by atoms with van der Waals surface area (Å²) in [6.45, 7) is 4.97. The van der Waals surface area contributed by atoms with Crippen LogP contribution in [0.3, 0.4) is 0 Å². The second-order valence-electron chi connectivity index (χ2n) is 5.27. The third kappa shape index (κ3) is 5.22. The van der Waals surface area contributed by atoms with Gasteiger partial charge in [0.15, 0.2) is 0 Å². The molecule has 0 saturated heterocycles. The van der Waals surface area contributed by atoms with Gasteiger partial charge in [0, 0.05) is 18.2 Å². The Kier molecular flexibility index (Phi) is 5.98. The lowest BCUT2D eigenvalue weighted by Gasteiger charge is -2.12. The van der Waals surface area contributed by atoms with Gasteiger partial charge < -0.3 is 14.8 Å². The summed E-state index contributed by atoms with van der Waals surface area (Å²) in [5.41, 5.74) is 1.85. The van der Waals surface area contributed by atoms with E-state index in [4.69, 9.17) is 9.47 Å². The fourth-order valence-electron chi connectivity index (χ4n) is 1.90. The number of carbonyl (C=O) groups excluding carboxylic acids is 1. The molecule has 0 aliphatic heterocycles. The van der Waals surface area contributed by atoms with E-state index in [-0.39, 0.29) is 6.61 Å². The van der Waals surface area contributed by atoms with E-state index in [9.17, 15) is 4.79 Å². The molecule has 4 heteroatoms. The van der Waals surface area contributed by atoms with Crippen LogP contribution in [0.15, 0.2) is 54.6 Å². The molecule has 0 heterocycles. The number of hydrogen-bond acceptors (Lipinski definition) is 4. The van der Waals surface area contributed by atoms with E-state index in [1.54, 1.807) is 6.07 Å². The molecule has 116 valence electrons. The van der Waals surface area contributed by atoms with E-state index in [2.05, 4.69) is 19.2 Å². The minimum absolute atomic E-state index is 0.200. The fourth-order valence-corrected chi connectivity index (χ4v) is 1.90. The number of nitrogens with one attached hydrogen (secondary N) is 1. The summed E-state index contributed by atoms with van der Waals surface area (Å²) in [5.74, 6) is 0.522. The monoisotopic (exact) mass is 299 g/mol. The third-order valence-corrected chi connectivity index (χ3v) is 3.07. The van der Waals surface area contributed by atoms with Crippen molar-refractivity contribution in [3.8, 4) is 5.75 Å². The lowest BCUT2D eigenvalue weighted by molar-refractivity contribution is 0.0924. The Bertz CT molecular complexity index is 596. The molecule has 0 unspecified atom stereocenters. The highest BCUT2D eigenvalue weighted by atomic mass is 16.7. The largest absolute Gasteiger partial charge is 0.514 e. The quantitative estimate of drug-likeness (QED) is 0.649. The second-order valence-corrected chi connectivity index (χ2v) is 5.27. The lowest BCUT2D eigenvalue weighted by Crippen LogP contribution is -2.22. The van der Waals surface area contributed by atoms with Crippen LogP contribution in [0.1, 0.15) is 25.0 Å². The molecule has 2 rings (SSSR count). The average molecular weight is 299 g/mol. The Balaban J connectivity index is 1.91. The van der Waals surface area contributed by atoms with Crippen molar-refractivity contribution < 1.29 is 14.3 Å². The Morgan fingerprint density at radius 1 is 1.05 bits per heavy atom. The van der Waals surface area contributed by atoms with Gasteiger partial charge in [-0.3, -0.25) is 0 Å². The molecule has 1 N–H and O–H groups in total. The molecule has 22 heavy (non-hydrogen) atoms. The Labute approximate surface area is 131 Å². The van der Waals surface area contributed by atoms with Gasteiger partial charge in [0.2, 0.25) is 0 Å². The standard InChI is InChI=1S/C18H21NO3/c1-14(2)19-12-16-10-6-7-11-17(16)22-18(20)21-13-15-8-4-3-5-9-15/h3-11,14,19H,12-13H2,1-2H3. The minimum Gasteiger partial charge on any atom is -0.429 e. The number of rotatable bonds is 6. The van der Waals surface area contributed by atoms with Crippen LogP contribution in [-0.4, -0.2) is 12.2 Å². The molecule has 0 amide bonds. The van der Waals surface area contributed by atoms with E-state index in [0.29, 0.717) is 18.3 Å². The summed E-state index contributed by atoms with van der Waals surface area (Å²) in [5, 5.41) is 3.30. The van der Waals surface area contributed by atoms with E-state index in [0.717, 1.165) is 11.1 Å². The molecule has 2 aromatic rings. The van der Waals surface area contributed by atoms with Gasteiger partial charge in [0.1, 0.15) is 12.4 Å². The third-order valence-electron chi connectivity index (χ3n) is 3.07. The Morgan fingerprint density at radius 2 is 1.73 bits per heavy atom. The maximum atomic E-state index is 11.8. The summed E-state index contributed by atoms with van der Waals surface area (Å²) in [4.78, 5) is 11.8. The van der Waals surface area contributed by atoms with Gasteiger partial charge in [-0.1, -0.05) is 62.4 Å². The SMILES string of the molecule is CC(C)NCc1ccccc1OC(=O)OCc1ccccc1. The van der Waals surface area contributed by atoms with Gasteiger partial charge in [-0.25, -0.2) is 4.79 Å². The summed E-state index contributed by atoms with van der Waals surface area (Å²) in [6, 6.07) is 17.3. The number of ether oxygens (including phenoxy) is 2. The van der Waals surface area contributed by atoms with E-state index in [1.165, 1.54) is 0 Å². The van der Waals surface area contributed by atoms with Gasteiger partial charge in [0.25, 0.3) is 0 Å². The summed E-state index contributed by atoms with van der Waals surface area (Å²) >= 11 is 0. The van der Waals surface area contributed by atoms with Crippen LogP contribution < -0.4 is 10.1 Å². The van der Waals surface area contributed by atoms with Crippen molar-refractivity contribution >= 4 is 6.16 Å². The van der Waals surface area contributed by atoms with Crippen LogP contribution in [0.2, 0.25) is 0 Å². The van der Waals surface area contributed by atoms with Crippen molar-refractivity contribution in [1.29, 1.82) is 0 Å². The minimum atomic E-state index is -0.694. The van der Waals surface area contributed by atoms with E-state index < -0.39 is 6.16 Å². The molecule has 0 aromatic heterocycles. The smallest absolute Gasteiger partial charge is 0.429 e. The normalized spacial score (nSPS) is 10.5. The predicted octanol–water partition coefficient (Wildman–Crippen LogP) is 3.90. The number of hydrogen-bond donors (Lipinski definition) is 1. The molecule has 4 nitrogen and oxygen atoms in total. The van der Waals surface area contributed by atoms with Crippen LogP contribution >= 0.6 is 0 Å². The Hall–Kier alpha value is -2.33. The topological polar surface area (TPSA) is 47.6 Å². The molecule has 0 fully saturated rings. The molecule has 0 aliphatic carbocycles. The second kappa shape index (κ2) is 8.20. The van der Waals surface area contributed by atoms with Crippen LogP contribution in [0.4, 0.5) is 4.79 Å². The molecule has 0 bridgehead atoms. The Morgan fingerprint density at radius 3 is 2.45 bits per heavy atom. The summed E-state index contributed by atoms with van der Waals surface area (Å²) in [6.07, 6.45) is -0.694. The van der Waals surface area contributed by atoms with Gasteiger partial charge in [-0.05, 0) is 11.6 Å². The molecule has 0 radical (unpaired) electrons. The highest BCUT2D eigenvalue weighted by Crippen LogP contribution is 2.18. The molecule has 0 atom stereocenters. The first kappa shape index (κ1) is 16.0. The van der Waals surface area contributed by atoms with E-state index >= 15 is 0 Å². The van der Waals surface area contributed by atoms with E-state index in [1.807, 2.05) is 48.5 Å². The maximum absolute atomic E-state index is 11.8. The fraction of sp³-hybridized carbons (Fsp3) is 0.278. The summed E-state index contributed by atoms with van der Waals surface area (Å²) < 4.78 is 10.4. The average Bonchev–Trinajstić information content (AvgIpc) is 2.53. The highest BCUT2D eigenvalue weighted by Gasteiger charge is 2.10. The molecular weight excluding hydrogens is 278 g/mol. The van der Waals surface area contributed by atoms with Crippen molar-refractivity contribution in [2.24, 2.45) is 0 Å². The molecule has 0 aliphatic rings. The van der Waals surface area contributed by atoms with Crippen LogP contribution in [0, 0.1) is 0 Å². The zero-order chi connectivity index (χ0) is 15.8. The molecule has 0 saturated carbocycles. The first-order valence-electron chi connectivity index (χ1n) is 7.35. The van der Waals surface area contributed by atoms with Crippen molar-refractivity contribution in [2.75, 3.05) is 0 Å². The molecule has 0 spiro atoms. The van der Waals surface area contributed by atoms with Crippen molar-refractivity contribution in [3.05, 3.63) is 65.7 Å². The molecular formula is C18H21NO3. The zero-order valence-corrected chi connectivity index (χ0v) is 12.9. The maximum Gasteiger partial charge on any atom is 0.514 e. The molecule has 2 aromatic carbocycles. The van der Waals surface area contributed by atoms with Gasteiger partial charge in [-0.2, -0.15) is 0 Å². The number of para-hydroxylation sites is 1.